The maximum absolute atomic E-state index is 11.1. The van der Waals surface area contributed by atoms with E-state index in [0.29, 0.717) is 0 Å². The molecule has 0 aliphatic heterocycles. The van der Waals surface area contributed by atoms with Crippen LogP contribution in [0, 0.1) is 0 Å². The molecular weight excluding hydrogens is 436 g/mol. The maximum Gasteiger partial charge on any atom is 0.133 e. The van der Waals surface area contributed by atoms with Gasteiger partial charge in [0.25, 0.3) is 0 Å². The quantitative estimate of drug-likeness (QED) is 0.705. The highest BCUT2D eigenvalue weighted by molar-refractivity contribution is 9.10. The van der Waals surface area contributed by atoms with E-state index in [1.54, 1.807) is 14.2 Å². The molecule has 5 heteroatoms. The van der Waals surface area contributed by atoms with Crippen molar-refractivity contribution >= 4 is 31.9 Å². The lowest BCUT2D eigenvalue weighted by atomic mass is 9.68. The van der Waals surface area contributed by atoms with E-state index in [1.807, 2.05) is 24.3 Å². The third-order valence-electron chi connectivity index (χ3n) is 5.47. The average molecular weight is 454 g/mol. The Morgan fingerprint density at radius 2 is 1.04 bits per heavy atom. The minimum absolute atomic E-state index is 0.332. The average Bonchev–Trinajstić information content (AvgIpc) is 2.73. The molecule has 3 nitrogen and oxygen atoms in total. The normalized spacial score (nSPS) is 36.8. The molecule has 0 aromatic heterocycles. The summed E-state index contributed by atoms with van der Waals surface area (Å²) >= 11 is 7.49. The lowest BCUT2D eigenvalue weighted by Crippen LogP contribution is -2.46. The van der Waals surface area contributed by atoms with Crippen LogP contribution in [0.1, 0.15) is 22.3 Å². The van der Waals surface area contributed by atoms with E-state index < -0.39 is 17.3 Å². The molecule has 0 heterocycles. The number of ether oxygens (including phenoxy) is 2. The smallest absolute Gasteiger partial charge is 0.133 e. The second-order valence-corrected chi connectivity index (χ2v) is 8.24. The summed E-state index contributed by atoms with van der Waals surface area (Å²) in [7, 11) is 3.39. The van der Waals surface area contributed by atoms with Crippen molar-refractivity contribution in [3.63, 3.8) is 0 Å². The summed E-state index contributed by atoms with van der Waals surface area (Å²) in [6, 6.07) is 16.3. The molecule has 3 aliphatic rings. The van der Waals surface area contributed by atoms with Crippen molar-refractivity contribution < 1.29 is 14.6 Å². The number of alkyl halides is 2. The minimum Gasteiger partial charge on any atom is -0.391 e. The van der Waals surface area contributed by atoms with Gasteiger partial charge >= 0.3 is 0 Å². The van der Waals surface area contributed by atoms with Crippen LogP contribution in [-0.4, -0.2) is 35.1 Å². The Balaban J connectivity index is 2.23. The van der Waals surface area contributed by atoms with E-state index >= 15 is 0 Å². The molecule has 2 aromatic rings. The highest BCUT2D eigenvalue weighted by Crippen LogP contribution is 2.60. The third-order valence-corrected chi connectivity index (χ3v) is 7.85. The largest absolute Gasteiger partial charge is 0.391 e. The predicted molar refractivity (Wildman–Crippen MR) is 99.9 cm³/mol. The molecule has 0 saturated carbocycles. The molecule has 3 aliphatic carbocycles. The van der Waals surface area contributed by atoms with Gasteiger partial charge in [0.1, 0.15) is 11.2 Å². The van der Waals surface area contributed by atoms with E-state index in [1.165, 1.54) is 0 Å². The zero-order valence-electron chi connectivity index (χ0n) is 13.4. The van der Waals surface area contributed by atoms with Crippen LogP contribution in [0.2, 0.25) is 0 Å². The van der Waals surface area contributed by atoms with E-state index in [4.69, 9.17) is 9.47 Å². The summed E-state index contributed by atoms with van der Waals surface area (Å²) in [6.07, 6.45) is -0.718. The van der Waals surface area contributed by atoms with Gasteiger partial charge in [-0.3, -0.25) is 0 Å². The van der Waals surface area contributed by atoms with Gasteiger partial charge in [-0.15, -0.1) is 0 Å². The van der Waals surface area contributed by atoms with Gasteiger partial charge in [-0.05, 0) is 22.3 Å². The monoisotopic (exact) mass is 452 g/mol. The van der Waals surface area contributed by atoms with Crippen LogP contribution >= 0.6 is 31.9 Å². The first-order valence-corrected chi connectivity index (χ1v) is 9.65. The molecule has 2 atom stereocenters. The molecule has 0 amide bonds. The summed E-state index contributed by atoms with van der Waals surface area (Å²) in [5.74, 6) is 0. The Bertz CT molecular complexity index is 680. The number of halogens is 2. The molecule has 0 spiro atoms. The first-order valence-electron chi connectivity index (χ1n) is 7.82. The molecule has 2 bridgehead atoms. The fourth-order valence-electron chi connectivity index (χ4n) is 4.44. The highest BCUT2D eigenvalue weighted by atomic mass is 79.9. The van der Waals surface area contributed by atoms with Crippen LogP contribution in [0.5, 0.6) is 0 Å². The molecule has 24 heavy (non-hydrogen) atoms. The van der Waals surface area contributed by atoms with E-state index in [0.717, 1.165) is 22.3 Å². The zero-order chi connectivity index (χ0) is 17.1. The molecule has 5 rings (SSSR count). The van der Waals surface area contributed by atoms with Gasteiger partial charge in [-0.25, -0.2) is 0 Å². The number of rotatable bonds is 2. The summed E-state index contributed by atoms with van der Waals surface area (Å²) in [5, 5.41) is 11.1. The fraction of sp³-hybridized carbons (Fsp3) is 0.368. The highest BCUT2D eigenvalue weighted by Gasteiger charge is 2.63. The molecule has 0 saturated heterocycles. The predicted octanol–water partition coefficient (Wildman–Crippen LogP) is 3.68. The number of hydrogen-bond acceptors (Lipinski definition) is 3. The fourth-order valence-corrected chi connectivity index (χ4v) is 6.82. The number of aliphatic hydroxyl groups is 1. The van der Waals surface area contributed by atoms with Crippen LogP contribution in [0.15, 0.2) is 48.5 Å². The van der Waals surface area contributed by atoms with Crippen molar-refractivity contribution in [1.29, 1.82) is 0 Å². The van der Waals surface area contributed by atoms with Gasteiger partial charge in [-0.1, -0.05) is 80.4 Å². The van der Waals surface area contributed by atoms with Crippen molar-refractivity contribution in [3.8, 4) is 0 Å². The Labute approximate surface area is 158 Å². The van der Waals surface area contributed by atoms with Crippen LogP contribution < -0.4 is 0 Å². The van der Waals surface area contributed by atoms with Gasteiger partial charge < -0.3 is 14.6 Å². The lowest BCUT2D eigenvalue weighted by molar-refractivity contribution is -0.0115. The number of aliphatic hydroxyl groups excluding tert-OH is 1. The van der Waals surface area contributed by atoms with E-state index in [9.17, 15) is 5.11 Å². The van der Waals surface area contributed by atoms with Crippen molar-refractivity contribution in [2.45, 2.75) is 27.0 Å². The zero-order valence-corrected chi connectivity index (χ0v) is 16.5. The molecule has 2 unspecified atom stereocenters. The van der Waals surface area contributed by atoms with Crippen LogP contribution in [0.3, 0.4) is 0 Å². The standard InChI is InChI=1S/C19H18Br2O3/c1-23-18-11-7-3-5-9-13(11)19(24-2,17(21)15(22)16(18)20)14-10-6-4-8-12(14)18/h3-10,15-17,22H,1-2H3. The molecule has 1 N–H and O–H groups in total. The van der Waals surface area contributed by atoms with Gasteiger partial charge in [0.2, 0.25) is 0 Å². The van der Waals surface area contributed by atoms with Crippen molar-refractivity contribution in [2.24, 2.45) is 0 Å². The summed E-state index contributed by atoms with van der Waals surface area (Å²) in [6.45, 7) is 0. The second kappa shape index (κ2) is 5.64. The van der Waals surface area contributed by atoms with Gasteiger partial charge in [0.15, 0.2) is 0 Å². The van der Waals surface area contributed by atoms with E-state index in [-0.39, 0.29) is 9.65 Å². The molecule has 2 aromatic carbocycles. The van der Waals surface area contributed by atoms with E-state index in [2.05, 4.69) is 56.1 Å². The number of fused-ring (bicyclic) bond motifs is 2. The number of benzene rings is 2. The lowest BCUT2D eigenvalue weighted by Gasteiger charge is -2.46. The Morgan fingerprint density at radius 3 is 1.29 bits per heavy atom. The maximum atomic E-state index is 11.1. The van der Waals surface area contributed by atoms with Crippen LogP contribution in [0.4, 0.5) is 0 Å². The first kappa shape index (κ1) is 16.7. The SMILES string of the molecule is COC12c3ccccc3C(OC)(c3ccccc31)C(Br)C(O)C2Br. The summed E-state index contributed by atoms with van der Waals surface area (Å²) in [5.41, 5.74) is 2.53. The molecule has 0 fully saturated rings. The van der Waals surface area contributed by atoms with Gasteiger partial charge in [0.05, 0.1) is 15.8 Å². The van der Waals surface area contributed by atoms with Crippen molar-refractivity contribution in [1.82, 2.24) is 0 Å². The molecule has 126 valence electrons. The molecule has 0 radical (unpaired) electrons. The third kappa shape index (κ3) is 1.72. The second-order valence-electron chi connectivity index (χ2n) is 6.26. The Morgan fingerprint density at radius 1 is 0.750 bits per heavy atom. The first-order chi connectivity index (χ1) is 11.6. The van der Waals surface area contributed by atoms with Crippen LogP contribution in [-0.2, 0) is 20.7 Å². The summed E-state index contributed by atoms with van der Waals surface area (Å²) in [4.78, 5) is -0.664. The van der Waals surface area contributed by atoms with Gasteiger partial charge in [-0.2, -0.15) is 0 Å². The number of methoxy groups -OCH3 is 2. The van der Waals surface area contributed by atoms with Crippen molar-refractivity contribution in [3.05, 3.63) is 70.8 Å². The number of hydrogen-bond donors (Lipinski definition) is 1. The topological polar surface area (TPSA) is 38.7 Å². The minimum atomic E-state index is -0.781. The molecular formula is C19H18Br2O3. The Kier molecular flexibility index (Phi) is 3.93. The van der Waals surface area contributed by atoms with Crippen LogP contribution in [0.25, 0.3) is 0 Å². The summed E-state index contributed by atoms with van der Waals surface area (Å²) < 4.78 is 12.3. The van der Waals surface area contributed by atoms with Crippen molar-refractivity contribution in [2.75, 3.05) is 14.2 Å². The van der Waals surface area contributed by atoms with Gasteiger partial charge in [0, 0.05) is 14.2 Å². The Hall–Kier alpha value is -0.720.